The minimum atomic E-state index is 0.701. The highest BCUT2D eigenvalue weighted by atomic mass is 35.5. The van der Waals surface area contributed by atoms with Crippen LogP contribution in [0.2, 0.25) is 5.02 Å². The lowest BCUT2D eigenvalue weighted by molar-refractivity contribution is 0.333. The van der Waals surface area contributed by atoms with Gasteiger partial charge in [0.05, 0.1) is 0 Å². The number of halogens is 1. The largest absolute Gasteiger partial charge is 0.316 e. The fourth-order valence-electron chi connectivity index (χ4n) is 2.91. The Morgan fingerprint density at radius 2 is 1.76 bits per heavy atom. The van der Waals surface area contributed by atoms with Gasteiger partial charge in [0.15, 0.2) is 0 Å². The molecule has 1 rings (SSSR count). The Morgan fingerprint density at radius 3 is 2.33 bits per heavy atom. The Bertz CT molecular complexity index is 385. The Labute approximate surface area is 136 Å². The van der Waals surface area contributed by atoms with Gasteiger partial charge in [0.25, 0.3) is 0 Å². The first-order valence-corrected chi connectivity index (χ1v) is 8.88. The van der Waals surface area contributed by atoms with Gasteiger partial charge in [0, 0.05) is 5.02 Å². The fraction of sp³-hybridized carbons (Fsp3) is 0.684. The van der Waals surface area contributed by atoms with Crippen LogP contribution < -0.4 is 5.32 Å². The van der Waals surface area contributed by atoms with E-state index in [0.29, 0.717) is 11.8 Å². The summed E-state index contributed by atoms with van der Waals surface area (Å²) < 4.78 is 0. The number of rotatable bonds is 10. The zero-order valence-corrected chi connectivity index (χ0v) is 14.9. The number of hydrogen-bond acceptors (Lipinski definition) is 1. The first-order valence-electron chi connectivity index (χ1n) is 8.50. The van der Waals surface area contributed by atoms with E-state index in [1.54, 1.807) is 0 Å². The second kappa shape index (κ2) is 10.2. The molecule has 1 aromatic rings. The SMILES string of the molecule is CCC(CC)CC(CNCC(C)C)Cc1cccc(Cl)c1. The Hall–Kier alpha value is -0.530. The van der Waals surface area contributed by atoms with E-state index in [1.807, 2.05) is 6.07 Å². The average Bonchev–Trinajstić information content (AvgIpc) is 2.44. The normalized spacial score (nSPS) is 13.1. The van der Waals surface area contributed by atoms with Crippen molar-refractivity contribution in [3.8, 4) is 0 Å². The summed E-state index contributed by atoms with van der Waals surface area (Å²) in [6.07, 6.45) is 5.01. The Balaban J connectivity index is 2.61. The maximum atomic E-state index is 6.12. The summed E-state index contributed by atoms with van der Waals surface area (Å²) >= 11 is 6.12. The molecule has 0 aliphatic heterocycles. The van der Waals surface area contributed by atoms with Gasteiger partial charge in [0.1, 0.15) is 0 Å². The van der Waals surface area contributed by atoms with E-state index in [9.17, 15) is 0 Å². The highest BCUT2D eigenvalue weighted by Crippen LogP contribution is 2.23. The predicted octanol–water partition coefficient (Wildman–Crippen LogP) is 5.57. The summed E-state index contributed by atoms with van der Waals surface area (Å²) in [6, 6.07) is 8.34. The van der Waals surface area contributed by atoms with E-state index in [1.165, 1.54) is 24.8 Å². The van der Waals surface area contributed by atoms with Crippen LogP contribution in [0.3, 0.4) is 0 Å². The van der Waals surface area contributed by atoms with Crippen molar-refractivity contribution in [3.05, 3.63) is 34.9 Å². The van der Waals surface area contributed by atoms with Gasteiger partial charge in [-0.15, -0.1) is 0 Å². The van der Waals surface area contributed by atoms with E-state index in [4.69, 9.17) is 11.6 Å². The van der Waals surface area contributed by atoms with Gasteiger partial charge in [-0.05, 0) is 61.4 Å². The minimum absolute atomic E-state index is 0.701. The summed E-state index contributed by atoms with van der Waals surface area (Å²) in [7, 11) is 0. The molecule has 120 valence electrons. The topological polar surface area (TPSA) is 12.0 Å². The van der Waals surface area contributed by atoms with E-state index in [0.717, 1.165) is 30.5 Å². The molecule has 1 aromatic carbocycles. The van der Waals surface area contributed by atoms with Gasteiger partial charge in [-0.1, -0.05) is 64.3 Å². The van der Waals surface area contributed by atoms with Gasteiger partial charge < -0.3 is 5.32 Å². The maximum absolute atomic E-state index is 6.12. The zero-order chi connectivity index (χ0) is 15.7. The smallest absolute Gasteiger partial charge is 0.0408 e. The van der Waals surface area contributed by atoms with E-state index < -0.39 is 0 Å². The highest BCUT2D eigenvalue weighted by Gasteiger charge is 2.15. The molecular weight excluding hydrogens is 278 g/mol. The van der Waals surface area contributed by atoms with E-state index >= 15 is 0 Å². The average molecular weight is 310 g/mol. The van der Waals surface area contributed by atoms with Gasteiger partial charge in [0.2, 0.25) is 0 Å². The molecule has 0 amide bonds. The molecule has 0 aliphatic rings. The van der Waals surface area contributed by atoms with Crippen LogP contribution in [0.5, 0.6) is 0 Å². The second-order valence-electron chi connectivity index (χ2n) is 6.67. The van der Waals surface area contributed by atoms with Crippen LogP contribution in [0.4, 0.5) is 0 Å². The van der Waals surface area contributed by atoms with Crippen LogP contribution in [-0.2, 0) is 6.42 Å². The monoisotopic (exact) mass is 309 g/mol. The van der Waals surface area contributed by atoms with Crippen molar-refractivity contribution in [1.82, 2.24) is 5.32 Å². The number of hydrogen-bond donors (Lipinski definition) is 1. The lowest BCUT2D eigenvalue weighted by Gasteiger charge is -2.23. The molecule has 1 N–H and O–H groups in total. The Kier molecular flexibility index (Phi) is 9.03. The minimum Gasteiger partial charge on any atom is -0.316 e. The van der Waals surface area contributed by atoms with Crippen molar-refractivity contribution >= 4 is 11.6 Å². The lowest BCUT2D eigenvalue weighted by atomic mass is 9.86. The zero-order valence-electron chi connectivity index (χ0n) is 14.2. The molecule has 0 aromatic heterocycles. The molecule has 0 fully saturated rings. The number of nitrogens with one attached hydrogen (secondary N) is 1. The van der Waals surface area contributed by atoms with Gasteiger partial charge >= 0.3 is 0 Å². The summed E-state index contributed by atoms with van der Waals surface area (Å²) in [5, 5.41) is 4.49. The molecule has 0 bridgehead atoms. The highest BCUT2D eigenvalue weighted by molar-refractivity contribution is 6.30. The molecule has 0 saturated heterocycles. The van der Waals surface area contributed by atoms with Crippen LogP contribution >= 0.6 is 11.6 Å². The van der Waals surface area contributed by atoms with Gasteiger partial charge in [-0.3, -0.25) is 0 Å². The van der Waals surface area contributed by atoms with Crippen molar-refractivity contribution in [3.63, 3.8) is 0 Å². The summed E-state index contributed by atoms with van der Waals surface area (Å²) in [5.41, 5.74) is 1.37. The third-order valence-electron chi connectivity index (χ3n) is 4.22. The molecule has 0 saturated carbocycles. The maximum Gasteiger partial charge on any atom is 0.0408 e. The van der Waals surface area contributed by atoms with Crippen molar-refractivity contribution in [2.75, 3.05) is 13.1 Å². The molecule has 0 spiro atoms. The molecule has 1 unspecified atom stereocenters. The molecule has 1 atom stereocenters. The molecular formula is C19H32ClN. The van der Waals surface area contributed by atoms with Crippen molar-refractivity contribution in [2.24, 2.45) is 17.8 Å². The first-order chi connectivity index (χ1) is 10.0. The quantitative estimate of drug-likeness (QED) is 0.595. The van der Waals surface area contributed by atoms with Crippen molar-refractivity contribution in [1.29, 1.82) is 0 Å². The third-order valence-corrected chi connectivity index (χ3v) is 4.46. The molecule has 0 heterocycles. The fourth-order valence-corrected chi connectivity index (χ4v) is 3.12. The van der Waals surface area contributed by atoms with Crippen LogP contribution in [0.25, 0.3) is 0 Å². The summed E-state index contributed by atoms with van der Waals surface area (Å²) in [4.78, 5) is 0. The number of benzene rings is 1. The van der Waals surface area contributed by atoms with E-state index in [-0.39, 0.29) is 0 Å². The van der Waals surface area contributed by atoms with Crippen LogP contribution in [0, 0.1) is 17.8 Å². The summed E-state index contributed by atoms with van der Waals surface area (Å²) in [6.45, 7) is 11.4. The third kappa shape index (κ3) is 7.87. The Morgan fingerprint density at radius 1 is 1.05 bits per heavy atom. The van der Waals surface area contributed by atoms with Gasteiger partial charge in [-0.25, -0.2) is 0 Å². The molecule has 1 nitrogen and oxygen atoms in total. The first kappa shape index (κ1) is 18.5. The standard InChI is InChI=1S/C19H32ClN/c1-5-16(6-2)10-18(14-21-13-15(3)4)11-17-8-7-9-19(20)12-17/h7-9,12,15-16,18,21H,5-6,10-11,13-14H2,1-4H3. The van der Waals surface area contributed by atoms with Crippen LogP contribution in [0.1, 0.15) is 52.5 Å². The molecule has 0 radical (unpaired) electrons. The molecule has 2 heteroatoms. The van der Waals surface area contributed by atoms with Crippen LogP contribution in [-0.4, -0.2) is 13.1 Å². The second-order valence-corrected chi connectivity index (χ2v) is 7.11. The lowest BCUT2D eigenvalue weighted by Crippen LogP contribution is -2.28. The summed E-state index contributed by atoms with van der Waals surface area (Å²) in [5.74, 6) is 2.26. The molecule has 0 aliphatic carbocycles. The predicted molar refractivity (Wildman–Crippen MR) is 95.0 cm³/mol. The molecule has 21 heavy (non-hydrogen) atoms. The van der Waals surface area contributed by atoms with Crippen molar-refractivity contribution < 1.29 is 0 Å². The van der Waals surface area contributed by atoms with Crippen LogP contribution in [0.15, 0.2) is 24.3 Å². The van der Waals surface area contributed by atoms with Crippen molar-refractivity contribution in [2.45, 2.75) is 53.4 Å². The van der Waals surface area contributed by atoms with E-state index in [2.05, 4.69) is 51.2 Å². The van der Waals surface area contributed by atoms with Gasteiger partial charge in [-0.2, -0.15) is 0 Å².